The predicted molar refractivity (Wildman–Crippen MR) is 128 cm³/mol. The van der Waals surface area contributed by atoms with Crippen molar-refractivity contribution < 1.29 is 22.7 Å². The molecule has 0 atom stereocenters. The first kappa shape index (κ1) is 22.5. The number of esters is 1. The molecule has 34 heavy (non-hydrogen) atoms. The fraction of sp³-hybridized carbons (Fsp3) is 0.259. The van der Waals surface area contributed by atoms with Crippen molar-refractivity contribution in [2.24, 2.45) is 0 Å². The van der Waals surface area contributed by atoms with Gasteiger partial charge < -0.3 is 4.74 Å². The lowest BCUT2D eigenvalue weighted by molar-refractivity contribution is 0.0474. The monoisotopic (exact) mass is 475 g/mol. The summed E-state index contributed by atoms with van der Waals surface area (Å²) in [7, 11) is -3.66. The first-order chi connectivity index (χ1) is 16.4. The summed E-state index contributed by atoms with van der Waals surface area (Å²) in [5.41, 5.74) is 5.13. The second-order valence-corrected chi connectivity index (χ2v) is 10.6. The lowest BCUT2D eigenvalue weighted by Gasteiger charge is -2.25. The van der Waals surface area contributed by atoms with Crippen molar-refractivity contribution in [3.05, 3.63) is 89.0 Å². The number of ketones is 1. The van der Waals surface area contributed by atoms with Gasteiger partial charge in [-0.15, -0.1) is 0 Å². The first-order valence-corrected chi connectivity index (χ1v) is 12.9. The molecule has 5 rings (SSSR count). The maximum Gasteiger partial charge on any atom is 0.338 e. The smallest absolute Gasteiger partial charge is 0.338 e. The second-order valence-electron chi connectivity index (χ2n) is 8.70. The highest BCUT2D eigenvalue weighted by Gasteiger charge is 2.27. The van der Waals surface area contributed by atoms with Crippen LogP contribution in [0.25, 0.3) is 11.1 Å². The zero-order valence-electron chi connectivity index (χ0n) is 18.7. The van der Waals surface area contributed by atoms with E-state index in [9.17, 15) is 18.0 Å². The molecular weight excluding hydrogens is 450 g/mol. The Morgan fingerprint density at radius 3 is 2.38 bits per heavy atom. The largest absolute Gasteiger partial charge is 0.454 e. The molecule has 1 aliphatic heterocycles. The minimum atomic E-state index is -3.66. The van der Waals surface area contributed by atoms with Gasteiger partial charge in [0.2, 0.25) is 10.0 Å². The van der Waals surface area contributed by atoms with Gasteiger partial charge in [-0.25, -0.2) is 13.2 Å². The van der Waals surface area contributed by atoms with E-state index in [1.165, 1.54) is 39.7 Å². The van der Waals surface area contributed by atoms with E-state index in [2.05, 4.69) is 6.07 Å². The molecule has 1 fully saturated rings. The molecule has 0 unspecified atom stereocenters. The van der Waals surface area contributed by atoms with Crippen molar-refractivity contribution in [2.45, 2.75) is 30.6 Å². The Hall–Kier alpha value is -3.29. The summed E-state index contributed by atoms with van der Waals surface area (Å²) >= 11 is 0. The molecular formula is C27H25NO5S. The topological polar surface area (TPSA) is 80.8 Å². The number of sulfonamides is 1. The first-order valence-electron chi connectivity index (χ1n) is 11.5. The summed E-state index contributed by atoms with van der Waals surface area (Å²) in [6.07, 6.45) is 3.52. The molecule has 0 amide bonds. The van der Waals surface area contributed by atoms with E-state index in [1.807, 2.05) is 30.3 Å². The van der Waals surface area contributed by atoms with Gasteiger partial charge in [-0.2, -0.15) is 4.31 Å². The van der Waals surface area contributed by atoms with E-state index in [0.717, 1.165) is 36.8 Å². The Bertz CT molecular complexity index is 1370. The van der Waals surface area contributed by atoms with Crippen LogP contribution in [0, 0.1) is 0 Å². The Balaban J connectivity index is 1.27. The second kappa shape index (κ2) is 9.16. The van der Waals surface area contributed by atoms with Gasteiger partial charge >= 0.3 is 5.97 Å². The minimum Gasteiger partial charge on any atom is -0.454 e. The molecule has 1 heterocycles. The molecule has 1 saturated heterocycles. The Kier molecular flexibility index (Phi) is 6.06. The molecule has 0 N–H and O–H groups in total. The van der Waals surface area contributed by atoms with E-state index in [0.29, 0.717) is 18.7 Å². The molecule has 0 radical (unpaired) electrons. The molecule has 7 heteroatoms. The number of nitrogens with zero attached hydrogens (tertiary/aromatic N) is 1. The van der Waals surface area contributed by atoms with Gasteiger partial charge in [0.1, 0.15) is 0 Å². The van der Waals surface area contributed by atoms with Gasteiger partial charge in [0.05, 0.1) is 10.5 Å². The zero-order valence-corrected chi connectivity index (χ0v) is 19.5. The van der Waals surface area contributed by atoms with Gasteiger partial charge in [-0.3, -0.25) is 4.79 Å². The highest BCUT2D eigenvalue weighted by Crippen LogP contribution is 2.36. The third-order valence-corrected chi connectivity index (χ3v) is 8.37. The zero-order chi connectivity index (χ0) is 23.7. The van der Waals surface area contributed by atoms with Gasteiger partial charge in [0.25, 0.3) is 0 Å². The Morgan fingerprint density at radius 2 is 1.56 bits per heavy atom. The van der Waals surface area contributed by atoms with Crippen LogP contribution >= 0.6 is 0 Å². The third kappa shape index (κ3) is 4.29. The summed E-state index contributed by atoms with van der Waals surface area (Å²) in [4.78, 5) is 25.4. The molecule has 3 aromatic carbocycles. The van der Waals surface area contributed by atoms with E-state index in [1.54, 1.807) is 6.07 Å². The van der Waals surface area contributed by atoms with E-state index >= 15 is 0 Å². The normalized spacial score (nSPS) is 15.4. The standard InChI is InChI=1S/C27H25NO5S/c29-26(21-12-11-20-15-19-7-2-3-10-24(19)25(20)17-21)18-33-27(30)22-8-6-9-23(16-22)34(31,32)28-13-4-1-5-14-28/h2-3,6-12,16-17H,1,4-5,13-15,18H2. The van der Waals surface area contributed by atoms with Crippen molar-refractivity contribution in [3.8, 4) is 11.1 Å². The average molecular weight is 476 g/mol. The van der Waals surface area contributed by atoms with Crippen LogP contribution in [0.2, 0.25) is 0 Å². The fourth-order valence-electron chi connectivity index (χ4n) is 4.63. The highest BCUT2D eigenvalue weighted by atomic mass is 32.2. The molecule has 0 aromatic heterocycles. The van der Waals surface area contributed by atoms with Crippen molar-refractivity contribution in [1.29, 1.82) is 0 Å². The predicted octanol–water partition coefficient (Wildman–Crippen LogP) is 4.47. The fourth-order valence-corrected chi connectivity index (χ4v) is 6.20. The van der Waals surface area contributed by atoms with Crippen LogP contribution in [0.15, 0.2) is 71.6 Å². The molecule has 0 saturated carbocycles. The number of carbonyl (C=O) groups excluding carboxylic acids is 2. The Morgan fingerprint density at radius 1 is 0.794 bits per heavy atom. The maximum atomic E-state index is 12.9. The number of rotatable bonds is 6. The summed E-state index contributed by atoms with van der Waals surface area (Å²) in [5.74, 6) is -1.03. The van der Waals surface area contributed by atoms with Crippen molar-refractivity contribution in [3.63, 3.8) is 0 Å². The van der Waals surface area contributed by atoms with Crippen LogP contribution in [0.1, 0.15) is 51.1 Å². The summed E-state index contributed by atoms with van der Waals surface area (Å²) in [6, 6.07) is 19.5. The van der Waals surface area contributed by atoms with Crippen molar-refractivity contribution >= 4 is 21.8 Å². The molecule has 0 bridgehead atoms. The van der Waals surface area contributed by atoms with Gasteiger partial charge in [-0.1, -0.05) is 48.9 Å². The van der Waals surface area contributed by atoms with Crippen LogP contribution in [-0.2, 0) is 21.2 Å². The quantitative estimate of drug-likeness (QED) is 0.304. The van der Waals surface area contributed by atoms with Crippen LogP contribution in [0.3, 0.4) is 0 Å². The number of hydrogen-bond acceptors (Lipinski definition) is 5. The van der Waals surface area contributed by atoms with Crippen LogP contribution < -0.4 is 0 Å². The lowest BCUT2D eigenvalue weighted by atomic mass is 10.0. The van der Waals surface area contributed by atoms with Gasteiger partial charge in [-0.05, 0) is 65.8 Å². The number of ether oxygens (including phenoxy) is 1. The molecule has 1 aliphatic carbocycles. The summed E-state index contributed by atoms with van der Waals surface area (Å²) in [5, 5.41) is 0. The number of piperidine rings is 1. The maximum absolute atomic E-state index is 12.9. The van der Waals surface area contributed by atoms with Crippen LogP contribution in [0.4, 0.5) is 0 Å². The number of benzene rings is 3. The highest BCUT2D eigenvalue weighted by molar-refractivity contribution is 7.89. The molecule has 3 aromatic rings. The number of hydrogen-bond donors (Lipinski definition) is 0. The van der Waals surface area contributed by atoms with E-state index < -0.39 is 22.6 Å². The van der Waals surface area contributed by atoms with Crippen molar-refractivity contribution in [1.82, 2.24) is 4.31 Å². The van der Waals surface area contributed by atoms with Crippen LogP contribution in [-0.4, -0.2) is 44.2 Å². The summed E-state index contributed by atoms with van der Waals surface area (Å²) in [6.45, 7) is 0.551. The summed E-state index contributed by atoms with van der Waals surface area (Å²) < 4.78 is 32.5. The average Bonchev–Trinajstić information content (AvgIpc) is 3.25. The van der Waals surface area contributed by atoms with Crippen molar-refractivity contribution in [2.75, 3.05) is 19.7 Å². The third-order valence-electron chi connectivity index (χ3n) is 6.48. The molecule has 6 nitrogen and oxygen atoms in total. The van der Waals surface area contributed by atoms with E-state index in [-0.39, 0.29) is 16.2 Å². The number of fused-ring (bicyclic) bond motifs is 3. The van der Waals surface area contributed by atoms with Crippen LogP contribution in [0.5, 0.6) is 0 Å². The van der Waals surface area contributed by atoms with Gasteiger partial charge in [0, 0.05) is 18.7 Å². The number of carbonyl (C=O) groups is 2. The molecule has 174 valence electrons. The minimum absolute atomic E-state index is 0.0625. The Labute approximate surface area is 199 Å². The van der Waals surface area contributed by atoms with Gasteiger partial charge in [0.15, 0.2) is 12.4 Å². The SMILES string of the molecule is O=C(COC(=O)c1cccc(S(=O)(=O)N2CCCCC2)c1)c1ccc2c(c1)-c1ccccc1C2. The molecule has 0 spiro atoms. The lowest BCUT2D eigenvalue weighted by Crippen LogP contribution is -2.35. The molecule has 2 aliphatic rings. The van der Waals surface area contributed by atoms with E-state index in [4.69, 9.17) is 4.74 Å². The number of Topliss-reactive ketones (excluding diaryl/α,β-unsaturated/α-hetero) is 1.